The number of hydrogen-bond acceptors (Lipinski definition) is 0. The minimum atomic E-state index is 0. The van der Waals surface area contributed by atoms with Gasteiger partial charge in [-0.25, -0.2) is 0 Å². The van der Waals surface area contributed by atoms with E-state index < -0.39 is 0 Å². The van der Waals surface area contributed by atoms with Crippen molar-refractivity contribution in [2.45, 2.75) is 0 Å². The molecule has 0 fully saturated rings. The van der Waals surface area contributed by atoms with Crippen LogP contribution in [-0.4, -0.2) is 0 Å². The summed E-state index contributed by atoms with van der Waals surface area (Å²) in [5.74, 6) is 0. The average Bonchev–Trinajstić information content (AvgIpc) is 0. The first-order valence-electron chi connectivity index (χ1n) is 0. The monoisotopic (exact) mass is 423 g/mol. The molecule has 0 bridgehead atoms. The fourth-order valence-electron chi connectivity index (χ4n) is 0. The Hall–Kier alpha value is 2.44. The maximum absolute atomic E-state index is 0. The van der Waals surface area contributed by atoms with Gasteiger partial charge in [-0.05, 0) is 0 Å². The first kappa shape index (κ1) is 32.0. The first-order valence-corrected chi connectivity index (χ1v) is 0. The zero-order valence-electron chi connectivity index (χ0n) is 1.24. The third-order valence-corrected chi connectivity index (χ3v) is 0. The molecule has 4 heavy (non-hydrogen) atoms. The molecule has 0 aliphatic carbocycles. The molecule has 0 aromatic heterocycles. The van der Waals surface area contributed by atoms with Crippen LogP contribution in [0.15, 0.2) is 0 Å². The van der Waals surface area contributed by atoms with Gasteiger partial charge in [0.2, 0.25) is 0 Å². The van der Waals surface area contributed by atoms with Crippen LogP contribution in [0.4, 0.5) is 0 Å². The second kappa shape index (κ2) is 18.0. The van der Waals surface area contributed by atoms with E-state index in [9.17, 15) is 0 Å². The molecule has 2 radical (unpaired) electrons. The molecule has 42 valence electrons. The SMILES string of the molecule is [Ag].[Cu].[Ni].[Pt]. The van der Waals surface area contributed by atoms with Gasteiger partial charge in [-0.15, -0.1) is 0 Å². The van der Waals surface area contributed by atoms with Gasteiger partial charge < -0.3 is 0 Å². The van der Waals surface area contributed by atoms with Gasteiger partial charge in [0.15, 0.2) is 0 Å². The number of hydrogen-bond donors (Lipinski definition) is 0. The van der Waals surface area contributed by atoms with Crippen LogP contribution in [-0.2, 0) is 77.0 Å². The average molecular weight is 425 g/mol. The Balaban J connectivity index is 0. The zero-order chi connectivity index (χ0) is 0. The Kier molecular flexibility index (Phi) is 144. The molecule has 0 aromatic rings. The summed E-state index contributed by atoms with van der Waals surface area (Å²) in [7, 11) is 0. The largest absolute Gasteiger partial charge is 0 e. The van der Waals surface area contributed by atoms with Crippen LogP contribution in [0, 0.1) is 0 Å². The van der Waals surface area contributed by atoms with Crippen LogP contribution >= 0.6 is 0 Å². The summed E-state index contributed by atoms with van der Waals surface area (Å²) < 4.78 is 0. The predicted molar refractivity (Wildman–Crippen MR) is 0 cm³/mol. The summed E-state index contributed by atoms with van der Waals surface area (Å²) in [6, 6.07) is 0. The Labute approximate surface area is 76.0 Å². The van der Waals surface area contributed by atoms with Crippen molar-refractivity contribution in [3.63, 3.8) is 0 Å². The maximum Gasteiger partial charge on any atom is 0 e. The van der Waals surface area contributed by atoms with Crippen molar-refractivity contribution < 1.29 is 77.0 Å². The molecule has 0 nitrogen and oxygen atoms in total. The summed E-state index contributed by atoms with van der Waals surface area (Å²) in [4.78, 5) is 0. The van der Waals surface area contributed by atoms with E-state index in [1.807, 2.05) is 0 Å². The van der Waals surface area contributed by atoms with Crippen molar-refractivity contribution in [1.82, 2.24) is 0 Å². The standard InChI is InChI=1S/Ag.Cu.Ni.Pt. The molecular formula is AgCuNiPt. The quantitative estimate of drug-likeness (QED) is 0.480. The normalized spacial score (nSPS) is 0. The minimum Gasteiger partial charge on any atom is 0 e. The Morgan fingerprint density at radius 3 is 1.00 bits per heavy atom. The van der Waals surface area contributed by atoms with Crippen molar-refractivity contribution in [3.05, 3.63) is 0 Å². The third kappa shape index (κ3) is 8.82. The van der Waals surface area contributed by atoms with E-state index in [0.717, 1.165) is 0 Å². The Morgan fingerprint density at radius 2 is 1.00 bits per heavy atom. The van der Waals surface area contributed by atoms with E-state index in [2.05, 4.69) is 0 Å². The second-order valence-corrected chi connectivity index (χ2v) is 0. The molecule has 0 saturated carbocycles. The fraction of sp³-hybridized carbons (Fsp3) is 0. The molecule has 0 amide bonds. The maximum atomic E-state index is 0. The molecule has 0 N–H and O–H groups in total. The molecule has 0 unspecified atom stereocenters. The number of rotatable bonds is 0. The van der Waals surface area contributed by atoms with Gasteiger partial charge in [-0.2, -0.15) is 0 Å². The van der Waals surface area contributed by atoms with E-state index in [1.54, 1.807) is 0 Å². The van der Waals surface area contributed by atoms with Crippen LogP contribution in [0.25, 0.3) is 0 Å². The van der Waals surface area contributed by atoms with Crippen LogP contribution < -0.4 is 0 Å². The molecule has 0 aromatic carbocycles. The molecular weight excluding hydrogens is 425 g/mol. The van der Waals surface area contributed by atoms with E-state index in [1.165, 1.54) is 0 Å². The first-order chi connectivity index (χ1) is 0. The molecule has 0 atom stereocenters. The molecule has 0 spiro atoms. The van der Waals surface area contributed by atoms with Crippen LogP contribution in [0.1, 0.15) is 0 Å². The topological polar surface area (TPSA) is 0 Å². The van der Waals surface area contributed by atoms with Gasteiger partial charge in [-0.3, -0.25) is 0 Å². The van der Waals surface area contributed by atoms with Gasteiger partial charge in [0, 0.05) is 77.0 Å². The van der Waals surface area contributed by atoms with Gasteiger partial charge >= 0.3 is 0 Å². The van der Waals surface area contributed by atoms with Gasteiger partial charge in [0.1, 0.15) is 0 Å². The van der Waals surface area contributed by atoms with Crippen molar-refractivity contribution in [2.24, 2.45) is 0 Å². The Morgan fingerprint density at radius 1 is 1.00 bits per heavy atom. The third-order valence-electron chi connectivity index (χ3n) is 0. The Bertz CT molecular complexity index is 8.00. The molecule has 4 heteroatoms. The van der Waals surface area contributed by atoms with Gasteiger partial charge in [-0.1, -0.05) is 0 Å². The van der Waals surface area contributed by atoms with Crippen LogP contribution in [0.5, 0.6) is 0 Å². The summed E-state index contributed by atoms with van der Waals surface area (Å²) in [5.41, 5.74) is 0. The molecule has 0 aliphatic rings. The zero-order valence-corrected chi connectivity index (χ0v) is 6.92. The fourth-order valence-corrected chi connectivity index (χ4v) is 0. The van der Waals surface area contributed by atoms with Gasteiger partial charge in [0.25, 0.3) is 0 Å². The van der Waals surface area contributed by atoms with Crippen LogP contribution in [0.2, 0.25) is 0 Å². The summed E-state index contributed by atoms with van der Waals surface area (Å²) in [6.45, 7) is 0. The smallest absolute Gasteiger partial charge is 0 e. The van der Waals surface area contributed by atoms with Crippen molar-refractivity contribution >= 4 is 0 Å². The summed E-state index contributed by atoms with van der Waals surface area (Å²) >= 11 is 0. The minimum absolute atomic E-state index is 0. The summed E-state index contributed by atoms with van der Waals surface area (Å²) in [6.07, 6.45) is 0. The van der Waals surface area contributed by atoms with Crippen molar-refractivity contribution in [3.8, 4) is 0 Å². The predicted octanol–water partition coefficient (Wildman–Crippen LogP) is -0.0100. The molecule has 0 rings (SSSR count). The molecule has 0 saturated heterocycles. The van der Waals surface area contributed by atoms with Gasteiger partial charge in [0.05, 0.1) is 0 Å². The van der Waals surface area contributed by atoms with E-state index >= 15 is 0 Å². The summed E-state index contributed by atoms with van der Waals surface area (Å²) in [5, 5.41) is 0. The van der Waals surface area contributed by atoms with Crippen molar-refractivity contribution in [1.29, 1.82) is 0 Å². The second-order valence-electron chi connectivity index (χ2n) is 0. The molecule has 0 heterocycles. The molecule has 0 aliphatic heterocycles. The van der Waals surface area contributed by atoms with E-state index in [4.69, 9.17) is 0 Å². The van der Waals surface area contributed by atoms with Crippen molar-refractivity contribution in [2.75, 3.05) is 0 Å². The van der Waals surface area contributed by atoms with Crippen LogP contribution in [0.3, 0.4) is 0 Å². The van der Waals surface area contributed by atoms with E-state index in [0.29, 0.717) is 0 Å². The van der Waals surface area contributed by atoms with E-state index in [-0.39, 0.29) is 77.0 Å².